The molecular weight excluding hydrogens is 590 g/mol. The molecule has 0 spiro atoms. The molecule has 224 valence electrons. The Kier molecular flexibility index (Phi) is 7.74. The lowest BCUT2D eigenvalue weighted by molar-refractivity contribution is -0.138. The van der Waals surface area contributed by atoms with Gasteiger partial charge < -0.3 is 9.64 Å². The van der Waals surface area contributed by atoms with Crippen LogP contribution in [0.5, 0.6) is 5.75 Å². The molecule has 3 nitrogen and oxygen atoms in total. The van der Waals surface area contributed by atoms with Crippen molar-refractivity contribution in [1.29, 1.82) is 0 Å². The summed E-state index contributed by atoms with van der Waals surface area (Å²) in [6, 6.07) is 6.37. The number of amides is 1. The van der Waals surface area contributed by atoms with Crippen LogP contribution < -0.4 is 4.74 Å². The van der Waals surface area contributed by atoms with Gasteiger partial charge in [0.25, 0.3) is 5.24 Å². The average molecular weight is 616 g/mol. The normalized spacial score (nSPS) is 20.9. The molecule has 0 aromatic heterocycles. The predicted molar refractivity (Wildman–Crippen MR) is 142 cm³/mol. The van der Waals surface area contributed by atoms with E-state index in [2.05, 4.69) is 0 Å². The maximum absolute atomic E-state index is 14.8. The summed E-state index contributed by atoms with van der Waals surface area (Å²) in [6.45, 7) is 3.53. The van der Waals surface area contributed by atoms with Gasteiger partial charge in [-0.05, 0) is 77.4 Å². The van der Waals surface area contributed by atoms with E-state index in [9.17, 15) is 39.9 Å². The van der Waals surface area contributed by atoms with Crippen molar-refractivity contribution >= 4 is 17.0 Å². The van der Waals surface area contributed by atoms with Gasteiger partial charge in [-0.25, -0.2) is 8.78 Å². The minimum Gasteiger partial charge on any atom is -0.496 e. The van der Waals surface area contributed by atoms with Gasteiger partial charge in [-0.2, -0.15) is 26.3 Å². The van der Waals surface area contributed by atoms with Crippen LogP contribution in [-0.2, 0) is 12.4 Å². The monoisotopic (exact) mass is 615 g/mol. The van der Waals surface area contributed by atoms with Crippen LogP contribution in [0.25, 0.3) is 11.1 Å². The van der Waals surface area contributed by atoms with E-state index in [0.717, 1.165) is 36.0 Å². The number of carbonyl (C=O) groups excluding carboxylic acids is 1. The molecule has 2 aliphatic heterocycles. The summed E-state index contributed by atoms with van der Waals surface area (Å²) in [5, 5.41) is -1.40. The molecule has 0 bridgehead atoms. The first-order valence-corrected chi connectivity index (χ1v) is 13.9. The van der Waals surface area contributed by atoms with E-state index >= 15 is 0 Å². The summed E-state index contributed by atoms with van der Waals surface area (Å²) < 4.78 is 116. The topological polar surface area (TPSA) is 29.5 Å². The Balaban J connectivity index is 1.62. The molecule has 5 rings (SSSR count). The third kappa shape index (κ3) is 5.45. The summed E-state index contributed by atoms with van der Waals surface area (Å²) in [7, 11) is 1.31. The van der Waals surface area contributed by atoms with Crippen molar-refractivity contribution < 1.29 is 44.7 Å². The van der Waals surface area contributed by atoms with Crippen molar-refractivity contribution in [2.24, 2.45) is 0 Å². The maximum atomic E-state index is 14.8. The Morgan fingerprint density at radius 2 is 1.57 bits per heavy atom. The highest BCUT2D eigenvalue weighted by molar-refractivity contribution is 8.14. The van der Waals surface area contributed by atoms with Crippen LogP contribution >= 0.6 is 11.8 Å². The number of nitrogens with zero attached hydrogens (tertiary/aromatic N) is 1. The summed E-state index contributed by atoms with van der Waals surface area (Å²) >= 11 is 0.721. The average Bonchev–Trinajstić information content (AvgIpc) is 3.48. The molecule has 3 atom stereocenters. The van der Waals surface area contributed by atoms with Gasteiger partial charge in [-0.3, -0.25) is 4.79 Å². The highest BCUT2D eigenvalue weighted by atomic mass is 32.2. The Morgan fingerprint density at radius 1 is 0.881 bits per heavy atom. The van der Waals surface area contributed by atoms with Crippen molar-refractivity contribution in [1.82, 2.24) is 4.90 Å². The fourth-order valence-electron chi connectivity index (χ4n) is 5.84. The Hall–Kier alpha value is -3.28. The summed E-state index contributed by atoms with van der Waals surface area (Å²) in [4.78, 5) is 14.7. The molecule has 2 fully saturated rings. The highest BCUT2D eigenvalue weighted by Gasteiger charge is 2.50. The number of rotatable bonds is 5. The Bertz CT molecular complexity index is 1530. The first-order valence-electron chi connectivity index (χ1n) is 13.1. The molecule has 3 aromatic carbocycles. The number of ether oxygens (including phenoxy) is 1. The minimum atomic E-state index is -4.81. The second-order valence-electron chi connectivity index (χ2n) is 10.7. The van der Waals surface area contributed by atoms with Crippen molar-refractivity contribution in [3.63, 3.8) is 0 Å². The number of fused-ring (bicyclic) bond motifs is 1. The molecule has 12 heteroatoms. The number of hydrogen-bond donors (Lipinski definition) is 0. The van der Waals surface area contributed by atoms with Crippen LogP contribution in [-0.4, -0.2) is 23.3 Å². The lowest BCUT2D eigenvalue weighted by atomic mass is 9.89. The number of thioether (sulfide) groups is 1. The smallest absolute Gasteiger partial charge is 0.416 e. The zero-order chi connectivity index (χ0) is 30.7. The third-order valence-electron chi connectivity index (χ3n) is 7.76. The van der Waals surface area contributed by atoms with E-state index in [1.54, 1.807) is 13.8 Å². The zero-order valence-electron chi connectivity index (χ0n) is 22.5. The predicted octanol–water partition coefficient (Wildman–Crippen LogP) is 9.91. The fourth-order valence-corrected chi connectivity index (χ4v) is 7.13. The van der Waals surface area contributed by atoms with E-state index in [0.29, 0.717) is 22.8 Å². The number of methoxy groups -OCH3 is 1. The van der Waals surface area contributed by atoms with Crippen molar-refractivity contribution in [3.8, 4) is 16.9 Å². The second-order valence-corrected chi connectivity index (χ2v) is 11.8. The third-order valence-corrected chi connectivity index (χ3v) is 9.01. The van der Waals surface area contributed by atoms with Gasteiger partial charge in [-0.15, -0.1) is 0 Å². The molecule has 0 N–H and O–H groups in total. The SMILES string of the molecule is COc1cc(F)c(C(C)C)cc1-c1ccc(C(F)(F)F)cc1[C@@H]1CC[C@H]2[C@@H](c3cc(F)cc(C(F)(F)F)c3)SC(=O)N12. The van der Waals surface area contributed by atoms with Crippen LogP contribution in [0.4, 0.5) is 39.9 Å². The van der Waals surface area contributed by atoms with Crippen LogP contribution in [0.3, 0.4) is 0 Å². The van der Waals surface area contributed by atoms with Crippen LogP contribution in [0, 0.1) is 11.6 Å². The summed E-state index contributed by atoms with van der Waals surface area (Å²) in [5.41, 5.74) is -1.06. The molecule has 0 radical (unpaired) electrons. The number of hydrogen-bond acceptors (Lipinski definition) is 3. The number of alkyl halides is 6. The van der Waals surface area contributed by atoms with Gasteiger partial charge in [0.15, 0.2) is 0 Å². The van der Waals surface area contributed by atoms with Crippen LogP contribution in [0.2, 0.25) is 0 Å². The summed E-state index contributed by atoms with van der Waals surface area (Å²) in [5.74, 6) is -1.81. The van der Waals surface area contributed by atoms with E-state index in [1.807, 2.05) is 0 Å². The Labute approximate surface area is 240 Å². The first-order chi connectivity index (χ1) is 19.6. The maximum Gasteiger partial charge on any atom is 0.416 e. The number of halogens is 8. The number of carbonyl (C=O) groups is 1. The zero-order valence-corrected chi connectivity index (χ0v) is 23.4. The summed E-state index contributed by atoms with van der Waals surface area (Å²) in [6.07, 6.45) is -9.04. The molecule has 2 saturated heterocycles. The van der Waals surface area contributed by atoms with Gasteiger partial charge in [0.05, 0.1) is 29.5 Å². The van der Waals surface area contributed by atoms with Crippen LogP contribution in [0.1, 0.15) is 71.7 Å². The molecule has 0 saturated carbocycles. The van der Waals surface area contributed by atoms with E-state index in [4.69, 9.17) is 4.74 Å². The number of benzene rings is 3. The first kappa shape index (κ1) is 30.2. The minimum absolute atomic E-state index is 0.0279. The van der Waals surface area contributed by atoms with Gasteiger partial charge in [0.1, 0.15) is 17.4 Å². The van der Waals surface area contributed by atoms with Gasteiger partial charge in [0, 0.05) is 17.7 Å². The van der Waals surface area contributed by atoms with Crippen molar-refractivity contribution in [2.45, 2.75) is 62.3 Å². The molecule has 0 unspecified atom stereocenters. The molecule has 3 aromatic rings. The molecular formula is C30H25F8NO2S. The lowest BCUT2D eigenvalue weighted by Gasteiger charge is -2.28. The standard InChI is InChI=1S/C30H25F8NO2S/c1-14(2)20-12-22(26(41-3)13-23(20)32)19-5-4-16(29(33,34)35)11-21(19)24-6-7-25-27(42-28(40)39(24)25)15-8-17(30(36,37)38)10-18(31)9-15/h4-5,8-14,24-25,27H,6-7H2,1-3H3/t24-,25-,27+/m0/s1. The van der Waals surface area contributed by atoms with E-state index in [-0.39, 0.29) is 35.6 Å². The molecule has 0 aliphatic carbocycles. The Morgan fingerprint density at radius 3 is 2.19 bits per heavy atom. The molecule has 2 aliphatic rings. The van der Waals surface area contributed by atoms with Gasteiger partial charge in [0.2, 0.25) is 0 Å². The highest BCUT2D eigenvalue weighted by Crippen LogP contribution is 2.55. The van der Waals surface area contributed by atoms with Gasteiger partial charge in [-0.1, -0.05) is 31.7 Å². The second kappa shape index (κ2) is 10.8. The largest absolute Gasteiger partial charge is 0.496 e. The van der Waals surface area contributed by atoms with Gasteiger partial charge >= 0.3 is 12.4 Å². The fraction of sp³-hybridized carbons (Fsp3) is 0.367. The van der Waals surface area contributed by atoms with E-state index in [1.165, 1.54) is 30.2 Å². The molecule has 2 heterocycles. The van der Waals surface area contributed by atoms with Crippen LogP contribution in [0.15, 0.2) is 48.5 Å². The lowest BCUT2D eigenvalue weighted by Crippen LogP contribution is -2.31. The van der Waals surface area contributed by atoms with Crippen molar-refractivity contribution in [3.05, 3.63) is 88.0 Å². The van der Waals surface area contributed by atoms with E-state index < -0.39 is 57.7 Å². The van der Waals surface area contributed by atoms with Crippen molar-refractivity contribution in [2.75, 3.05) is 7.11 Å². The quantitative estimate of drug-likeness (QED) is 0.268. The molecule has 1 amide bonds. The molecule has 42 heavy (non-hydrogen) atoms.